The molecule has 2 aromatic heterocycles. The Labute approximate surface area is 126 Å². The fourth-order valence-electron chi connectivity index (χ4n) is 2.40. The number of nitrogens with zero attached hydrogens (tertiary/aromatic N) is 4. The third kappa shape index (κ3) is 2.48. The van der Waals surface area contributed by atoms with Gasteiger partial charge in [0, 0.05) is 18.9 Å². The number of para-hydroxylation sites is 2. The summed E-state index contributed by atoms with van der Waals surface area (Å²) in [6.07, 6.45) is 3.08. The maximum absolute atomic E-state index is 12.4. The van der Waals surface area contributed by atoms with Gasteiger partial charge in [-0.25, -0.2) is 14.8 Å². The highest BCUT2D eigenvalue weighted by atomic mass is 16.2. The second-order valence-corrected chi connectivity index (χ2v) is 4.72. The maximum atomic E-state index is 12.4. The van der Waals surface area contributed by atoms with Crippen molar-refractivity contribution in [1.29, 1.82) is 0 Å². The minimum atomic E-state index is -0.340. The number of rotatable bonds is 4. The van der Waals surface area contributed by atoms with E-state index in [0.717, 1.165) is 11.0 Å². The van der Waals surface area contributed by atoms with Crippen LogP contribution in [-0.2, 0) is 17.9 Å². The molecule has 3 aromatic rings. The van der Waals surface area contributed by atoms with Crippen molar-refractivity contribution in [2.75, 3.05) is 5.32 Å². The minimum absolute atomic E-state index is 0.0788. The Balaban J connectivity index is 1.92. The number of nitrogens with one attached hydrogen (secondary N) is 1. The van der Waals surface area contributed by atoms with Crippen molar-refractivity contribution in [2.24, 2.45) is 0 Å². The molecule has 112 valence electrons. The summed E-state index contributed by atoms with van der Waals surface area (Å²) in [6.45, 7) is 2.37. The van der Waals surface area contributed by atoms with Crippen molar-refractivity contribution in [2.45, 2.75) is 20.0 Å². The third-order valence-electron chi connectivity index (χ3n) is 3.36. The van der Waals surface area contributed by atoms with Crippen molar-refractivity contribution in [3.05, 3.63) is 53.2 Å². The van der Waals surface area contributed by atoms with Crippen LogP contribution in [0.3, 0.4) is 0 Å². The fourth-order valence-corrected chi connectivity index (χ4v) is 2.40. The first-order chi connectivity index (χ1) is 10.7. The molecule has 1 amide bonds. The number of carbonyl (C=O) groups excluding carboxylic acids is 1. The second-order valence-electron chi connectivity index (χ2n) is 4.72. The van der Waals surface area contributed by atoms with E-state index in [4.69, 9.17) is 0 Å². The van der Waals surface area contributed by atoms with Crippen LogP contribution in [0.4, 0.5) is 5.95 Å². The first kappa shape index (κ1) is 14.0. The number of benzene rings is 1. The normalized spacial score (nSPS) is 10.8. The first-order valence-corrected chi connectivity index (χ1v) is 6.95. The number of anilines is 1. The minimum Gasteiger partial charge on any atom is -0.293 e. The van der Waals surface area contributed by atoms with Crippen LogP contribution < -0.4 is 11.0 Å². The highest BCUT2D eigenvalue weighted by Gasteiger charge is 2.14. The number of imidazole rings is 1. The van der Waals surface area contributed by atoms with Crippen molar-refractivity contribution in [3.63, 3.8) is 0 Å². The maximum Gasteiger partial charge on any atom is 0.329 e. The molecule has 7 nitrogen and oxygen atoms in total. The van der Waals surface area contributed by atoms with Crippen LogP contribution in [-0.4, -0.2) is 25.0 Å². The van der Waals surface area contributed by atoms with Gasteiger partial charge in [-0.1, -0.05) is 12.1 Å². The van der Waals surface area contributed by atoms with Crippen LogP contribution in [0, 0.1) is 0 Å². The molecule has 0 saturated carbocycles. The summed E-state index contributed by atoms with van der Waals surface area (Å²) >= 11 is 0. The average Bonchev–Trinajstić information content (AvgIpc) is 2.80. The molecule has 22 heavy (non-hydrogen) atoms. The Bertz CT molecular complexity index is 867. The van der Waals surface area contributed by atoms with Gasteiger partial charge in [0.25, 0.3) is 0 Å². The fraction of sp³-hybridized carbons (Fsp3) is 0.200. The molecule has 0 aliphatic carbocycles. The monoisotopic (exact) mass is 297 g/mol. The number of aromatic nitrogens is 4. The molecule has 7 heteroatoms. The van der Waals surface area contributed by atoms with Gasteiger partial charge >= 0.3 is 5.69 Å². The van der Waals surface area contributed by atoms with E-state index >= 15 is 0 Å². The lowest BCUT2D eigenvalue weighted by Crippen LogP contribution is -2.29. The SMILES string of the molecule is CCn1c(=O)n(CC(=O)Nc2ncccn2)c2ccccc21. The van der Waals surface area contributed by atoms with Gasteiger partial charge < -0.3 is 0 Å². The van der Waals surface area contributed by atoms with Gasteiger partial charge in [0.05, 0.1) is 11.0 Å². The predicted octanol–water partition coefficient (Wildman–Crippen LogP) is 1.25. The van der Waals surface area contributed by atoms with Gasteiger partial charge in [-0.2, -0.15) is 0 Å². The molecule has 0 atom stereocenters. The van der Waals surface area contributed by atoms with E-state index in [1.165, 1.54) is 17.0 Å². The lowest BCUT2D eigenvalue weighted by molar-refractivity contribution is -0.116. The average molecular weight is 297 g/mol. The summed E-state index contributed by atoms with van der Waals surface area (Å²) in [5, 5.41) is 2.58. The molecule has 0 radical (unpaired) electrons. The second kappa shape index (κ2) is 5.80. The standard InChI is InChI=1S/C15H15N5O2/c1-2-19-11-6-3-4-7-12(11)20(15(19)22)10-13(21)18-14-16-8-5-9-17-14/h3-9H,2,10H2,1H3,(H,16,17,18,21). The number of aryl methyl sites for hydroxylation is 1. The lowest BCUT2D eigenvalue weighted by Gasteiger charge is -2.04. The first-order valence-electron chi connectivity index (χ1n) is 6.95. The Morgan fingerprint density at radius 2 is 1.73 bits per heavy atom. The number of fused-ring (bicyclic) bond motifs is 1. The quantitative estimate of drug-likeness (QED) is 0.786. The van der Waals surface area contributed by atoms with E-state index in [2.05, 4.69) is 15.3 Å². The Kier molecular flexibility index (Phi) is 3.69. The largest absolute Gasteiger partial charge is 0.329 e. The molecule has 0 saturated heterocycles. The molecule has 0 aliphatic heterocycles. The Morgan fingerprint density at radius 3 is 2.36 bits per heavy atom. The summed E-state index contributed by atoms with van der Waals surface area (Å²) in [5.74, 6) is -0.118. The Morgan fingerprint density at radius 1 is 1.09 bits per heavy atom. The van der Waals surface area contributed by atoms with Gasteiger partial charge in [0.1, 0.15) is 6.54 Å². The number of hydrogen-bond donors (Lipinski definition) is 1. The van der Waals surface area contributed by atoms with Crippen LogP contribution in [0.25, 0.3) is 11.0 Å². The zero-order valence-corrected chi connectivity index (χ0v) is 12.1. The number of carbonyl (C=O) groups is 1. The number of amides is 1. The lowest BCUT2D eigenvalue weighted by atomic mass is 10.3. The highest BCUT2D eigenvalue weighted by molar-refractivity contribution is 5.90. The van der Waals surface area contributed by atoms with Crippen molar-refractivity contribution in [3.8, 4) is 0 Å². The topological polar surface area (TPSA) is 81.8 Å². The van der Waals surface area contributed by atoms with E-state index in [1.807, 2.05) is 31.2 Å². The van der Waals surface area contributed by atoms with Crippen LogP contribution in [0.5, 0.6) is 0 Å². The molecule has 2 heterocycles. The van der Waals surface area contributed by atoms with Crippen LogP contribution >= 0.6 is 0 Å². The van der Waals surface area contributed by atoms with Crippen molar-refractivity contribution in [1.82, 2.24) is 19.1 Å². The van der Waals surface area contributed by atoms with Crippen LogP contribution in [0.15, 0.2) is 47.5 Å². The van der Waals surface area contributed by atoms with E-state index < -0.39 is 0 Å². The summed E-state index contributed by atoms with van der Waals surface area (Å²) in [5.41, 5.74) is 1.35. The highest BCUT2D eigenvalue weighted by Crippen LogP contribution is 2.12. The van der Waals surface area contributed by atoms with Gasteiger partial charge in [-0.3, -0.25) is 19.2 Å². The molecular weight excluding hydrogens is 282 g/mol. The summed E-state index contributed by atoms with van der Waals surface area (Å²) in [7, 11) is 0. The van der Waals surface area contributed by atoms with Crippen molar-refractivity contribution >= 4 is 22.9 Å². The summed E-state index contributed by atoms with van der Waals surface area (Å²) < 4.78 is 3.10. The Hall–Kier alpha value is -2.96. The molecule has 1 N–H and O–H groups in total. The predicted molar refractivity (Wildman–Crippen MR) is 82.5 cm³/mol. The van der Waals surface area contributed by atoms with E-state index in [-0.39, 0.29) is 24.1 Å². The molecule has 3 rings (SSSR count). The van der Waals surface area contributed by atoms with Gasteiger partial charge in [0.2, 0.25) is 11.9 Å². The smallest absolute Gasteiger partial charge is 0.293 e. The molecule has 0 bridgehead atoms. The molecular formula is C15H15N5O2. The molecule has 1 aromatic carbocycles. The van der Waals surface area contributed by atoms with Gasteiger partial charge in [-0.15, -0.1) is 0 Å². The molecule has 0 spiro atoms. The number of hydrogen-bond acceptors (Lipinski definition) is 4. The van der Waals surface area contributed by atoms with E-state index in [0.29, 0.717) is 6.54 Å². The van der Waals surface area contributed by atoms with Gasteiger partial charge in [-0.05, 0) is 25.1 Å². The van der Waals surface area contributed by atoms with Crippen molar-refractivity contribution < 1.29 is 4.79 Å². The van der Waals surface area contributed by atoms with E-state index in [1.54, 1.807) is 10.6 Å². The summed E-state index contributed by atoms with van der Waals surface area (Å²) in [4.78, 5) is 32.4. The third-order valence-corrected chi connectivity index (χ3v) is 3.36. The molecule has 0 unspecified atom stereocenters. The molecule has 0 fully saturated rings. The van der Waals surface area contributed by atoms with Crippen LogP contribution in [0.2, 0.25) is 0 Å². The van der Waals surface area contributed by atoms with E-state index in [9.17, 15) is 9.59 Å². The zero-order valence-electron chi connectivity index (χ0n) is 12.1. The van der Waals surface area contributed by atoms with Gasteiger partial charge in [0.15, 0.2) is 0 Å². The zero-order chi connectivity index (χ0) is 15.5. The summed E-state index contributed by atoms with van der Waals surface area (Å²) in [6, 6.07) is 9.08. The molecule has 0 aliphatic rings. The van der Waals surface area contributed by atoms with Crippen LogP contribution in [0.1, 0.15) is 6.92 Å².